The summed E-state index contributed by atoms with van der Waals surface area (Å²) in [6.07, 6.45) is -4.39. The van der Waals surface area contributed by atoms with Crippen LogP contribution in [0, 0.1) is 0 Å². The van der Waals surface area contributed by atoms with Crippen molar-refractivity contribution in [3.05, 3.63) is 23.9 Å². The molecule has 0 bridgehead atoms. The van der Waals surface area contributed by atoms with Gasteiger partial charge in [0.2, 0.25) is 0 Å². The maximum atomic E-state index is 12.3. The van der Waals surface area contributed by atoms with Gasteiger partial charge in [-0.15, -0.1) is 0 Å². The van der Waals surface area contributed by atoms with Crippen LogP contribution in [-0.2, 0) is 6.18 Å². The molecule has 2 nitrogen and oxygen atoms in total. The van der Waals surface area contributed by atoms with Gasteiger partial charge in [0, 0.05) is 5.54 Å². The number of halogens is 3. The molecule has 5 heteroatoms. The minimum Gasteiger partial charge on any atom is -0.365 e. The Kier molecular flexibility index (Phi) is 2.93. The molecule has 1 aromatic heterocycles. The number of anilines is 1. The van der Waals surface area contributed by atoms with Gasteiger partial charge >= 0.3 is 6.18 Å². The third-order valence-electron chi connectivity index (χ3n) is 1.54. The number of pyridine rings is 1. The van der Waals surface area contributed by atoms with Crippen LogP contribution in [0.1, 0.15) is 26.5 Å². The third kappa shape index (κ3) is 3.77. The van der Waals surface area contributed by atoms with E-state index in [1.54, 1.807) is 0 Å². The molecule has 0 saturated heterocycles. The molecule has 0 fully saturated rings. The van der Waals surface area contributed by atoms with Crippen molar-refractivity contribution in [2.24, 2.45) is 0 Å². The lowest BCUT2D eigenvalue weighted by Gasteiger charge is -2.21. The number of aromatic nitrogens is 1. The highest BCUT2D eigenvalue weighted by Gasteiger charge is 2.32. The van der Waals surface area contributed by atoms with E-state index < -0.39 is 11.9 Å². The molecule has 0 aliphatic heterocycles. The minimum atomic E-state index is -4.39. The molecular formula is C10H13F3N2. The molecule has 1 aromatic rings. The zero-order valence-corrected chi connectivity index (χ0v) is 8.81. The molecule has 84 valence electrons. The number of nitrogens with zero attached hydrogens (tertiary/aromatic N) is 1. The topological polar surface area (TPSA) is 24.9 Å². The van der Waals surface area contributed by atoms with Crippen LogP contribution in [0.2, 0.25) is 0 Å². The fraction of sp³-hybridized carbons (Fsp3) is 0.500. The van der Waals surface area contributed by atoms with Gasteiger partial charge in [-0.1, -0.05) is 6.07 Å². The van der Waals surface area contributed by atoms with Gasteiger partial charge in [-0.2, -0.15) is 13.2 Å². The van der Waals surface area contributed by atoms with E-state index in [4.69, 9.17) is 0 Å². The third-order valence-corrected chi connectivity index (χ3v) is 1.54. The van der Waals surface area contributed by atoms with Crippen LogP contribution in [0.3, 0.4) is 0 Å². The van der Waals surface area contributed by atoms with Crippen molar-refractivity contribution in [2.45, 2.75) is 32.5 Å². The second kappa shape index (κ2) is 3.72. The van der Waals surface area contributed by atoms with Gasteiger partial charge < -0.3 is 5.32 Å². The van der Waals surface area contributed by atoms with Gasteiger partial charge in [-0.25, -0.2) is 4.98 Å². The number of alkyl halides is 3. The Balaban J connectivity index is 2.94. The van der Waals surface area contributed by atoms with E-state index >= 15 is 0 Å². The molecule has 0 unspecified atom stereocenters. The average molecular weight is 218 g/mol. The van der Waals surface area contributed by atoms with E-state index in [1.807, 2.05) is 20.8 Å². The first-order valence-electron chi connectivity index (χ1n) is 4.51. The van der Waals surface area contributed by atoms with Crippen molar-refractivity contribution in [1.29, 1.82) is 0 Å². The molecule has 0 radical (unpaired) electrons. The maximum Gasteiger partial charge on any atom is 0.433 e. The van der Waals surface area contributed by atoms with E-state index in [2.05, 4.69) is 10.3 Å². The zero-order valence-electron chi connectivity index (χ0n) is 8.81. The van der Waals surface area contributed by atoms with Crippen molar-refractivity contribution < 1.29 is 13.2 Å². The van der Waals surface area contributed by atoms with Crippen LogP contribution >= 0.6 is 0 Å². The van der Waals surface area contributed by atoms with E-state index in [0.29, 0.717) is 0 Å². The maximum absolute atomic E-state index is 12.3. The second-order valence-electron chi connectivity index (χ2n) is 4.28. The van der Waals surface area contributed by atoms with Gasteiger partial charge in [-0.05, 0) is 32.9 Å². The molecule has 0 amide bonds. The van der Waals surface area contributed by atoms with Gasteiger partial charge in [-0.3, -0.25) is 0 Å². The molecule has 1 N–H and O–H groups in total. The number of hydrogen-bond acceptors (Lipinski definition) is 2. The first-order chi connectivity index (χ1) is 6.68. The Labute approximate surface area is 86.5 Å². The van der Waals surface area contributed by atoms with Crippen LogP contribution in [0.25, 0.3) is 0 Å². The molecular weight excluding hydrogens is 205 g/mol. The van der Waals surface area contributed by atoms with Crippen molar-refractivity contribution in [1.82, 2.24) is 4.98 Å². The molecule has 0 aliphatic rings. The van der Waals surface area contributed by atoms with Crippen LogP contribution in [0.4, 0.5) is 19.0 Å². The van der Waals surface area contributed by atoms with Crippen LogP contribution < -0.4 is 5.32 Å². The number of hydrogen-bond donors (Lipinski definition) is 1. The largest absolute Gasteiger partial charge is 0.433 e. The lowest BCUT2D eigenvalue weighted by atomic mass is 10.1. The molecule has 0 spiro atoms. The number of nitrogens with one attached hydrogen (secondary N) is 1. The van der Waals surface area contributed by atoms with Crippen molar-refractivity contribution in [3.63, 3.8) is 0 Å². The monoisotopic (exact) mass is 218 g/mol. The summed E-state index contributed by atoms with van der Waals surface area (Å²) in [7, 11) is 0. The van der Waals surface area contributed by atoms with Crippen molar-refractivity contribution in [3.8, 4) is 0 Å². The van der Waals surface area contributed by atoms with Gasteiger partial charge in [0.05, 0.1) is 0 Å². The summed E-state index contributed by atoms with van der Waals surface area (Å²) < 4.78 is 36.9. The fourth-order valence-electron chi connectivity index (χ4n) is 1.05. The van der Waals surface area contributed by atoms with E-state index in [9.17, 15) is 13.2 Å². The summed E-state index contributed by atoms with van der Waals surface area (Å²) in [5.74, 6) is 0.234. The lowest BCUT2D eigenvalue weighted by molar-refractivity contribution is -0.141. The van der Waals surface area contributed by atoms with E-state index in [0.717, 1.165) is 6.07 Å². The molecule has 0 atom stereocenters. The number of rotatable bonds is 1. The predicted molar refractivity (Wildman–Crippen MR) is 52.6 cm³/mol. The zero-order chi connectivity index (χ0) is 11.7. The van der Waals surface area contributed by atoms with Crippen LogP contribution in [0.5, 0.6) is 0 Å². The Hall–Kier alpha value is -1.26. The normalized spacial score (nSPS) is 12.7. The first-order valence-corrected chi connectivity index (χ1v) is 4.51. The Morgan fingerprint density at radius 2 is 1.73 bits per heavy atom. The highest BCUT2D eigenvalue weighted by atomic mass is 19.4. The highest BCUT2D eigenvalue weighted by molar-refractivity contribution is 5.38. The lowest BCUT2D eigenvalue weighted by Crippen LogP contribution is -2.27. The van der Waals surface area contributed by atoms with E-state index in [-0.39, 0.29) is 11.4 Å². The van der Waals surface area contributed by atoms with Crippen LogP contribution in [0.15, 0.2) is 18.2 Å². The predicted octanol–water partition coefficient (Wildman–Crippen LogP) is 3.31. The molecule has 0 aliphatic carbocycles. The summed E-state index contributed by atoms with van der Waals surface area (Å²) >= 11 is 0. The Morgan fingerprint density at radius 1 is 1.13 bits per heavy atom. The molecule has 1 rings (SSSR count). The highest BCUT2D eigenvalue weighted by Crippen LogP contribution is 2.28. The second-order valence-corrected chi connectivity index (χ2v) is 4.28. The molecule has 15 heavy (non-hydrogen) atoms. The molecule has 0 saturated carbocycles. The van der Waals surface area contributed by atoms with Gasteiger partial charge in [0.15, 0.2) is 0 Å². The average Bonchev–Trinajstić information content (AvgIpc) is 1.99. The van der Waals surface area contributed by atoms with Gasteiger partial charge in [0.1, 0.15) is 11.5 Å². The summed E-state index contributed by atoms with van der Waals surface area (Å²) in [4.78, 5) is 3.49. The standard InChI is InChI=1S/C10H13F3N2/c1-9(2,3)15-8-6-4-5-7(14-8)10(11,12)13/h4-6H,1-3H3,(H,14,15). The van der Waals surface area contributed by atoms with Crippen LogP contribution in [-0.4, -0.2) is 10.5 Å². The smallest absolute Gasteiger partial charge is 0.365 e. The van der Waals surface area contributed by atoms with Gasteiger partial charge in [0.25, 0.3) is 0 Å². The first kappa shape index (κ1) is 11.8. The minimum absolute atomic E-state index is 0.234. The fourth-order valence-corrected chi connectivity index (χ4v) is 1.05. The Bertz CT molecular complexity index is 339. The SMILES string of the molecule is CC(C)(C)Nc1cccc(C(F)(F)F)n1. The van der Waals surface area contributed by atoms with E-state index in [1.165, 1.54) is 12.1 Å². The summed E-state index contributed by atoms with van der Waals surface area (Å²) in [5.41, 5.74) is -1.19. The summed E-state index contributed by atoms with van der Waals surface area (Å²) in [5, 5.41) is 2.88. The summed E-state index contributed by atoms with van der Waals surface area (Å²) in [6, 6.07) is 3.80. The van der Waals surface area contributed by atoms with Crippen molar-refractivity contribution in [2.75, 3.05) is 5.32 Å². The Morgan fingerprint density at radius 3 is 2.20 bits per heavy atom. The van der Waals surface area contributed by atoms with Crippen molar-refractivity contribution >= 4 is 5.82 Å². The quantitative estimate of drug-likeness (QED) is 0.782. The molecule has 1 heterocycles. The molecule has 0 aromatic carbocycles. The summed E-state index contributed by atoms with van der Waals surface area (Å²) in [6.45, 7) is 5.57.